The molecule has 0 aromatic heterocycles. The molecule has 112 valence electrons. The molecule has 1 fully saturated rings. The van der Waals surface area contributed by atoms with E-state index in [4.69, 9.17) is 0 Å². The average molecular weight is 349 g/mol. The van der Waals surface area contributed by atoms with Gasteiger partial charge in [0.05, 0.1) is 16.1 Å². The molecular formula is C14H19BrF2N2O. The van der Waals surface area contributed by atoms with Crippen molar-refractivity contribution in [2.24, 2.45) is 0 Å². The summed E-state index contributed by atoms with van der Waals surface area (Å²) in [6.45, 7) is 2.63. The van der Waals surface area contributed by atoms with Gasteiger partial charge in [-0.1, -0.05) is 0 Å². The summed E-state index contributed by atoms with van der Waals surface area (Å²) in [6.07, 6.45) is -0.836. The number of aliphatic hydroxyl groups excluding tert-OH is 1. The monoisotopic (exact) mass is 348 g/mol. The van der Waals surface area contributed by atoms with Crippen LogP contribution in [0.2, 0.25) is 0 Å². The number of benzene rings is 1. The number of halogens is 3. The van der Waals surface area contributed by atoms with E-state index in [0.717, 1.165) is 19.6 Å². The highest BCUT2D eigenvalue weighted by atomic mass is 79.9. The predicted octanol–water partition coefficient (Wildman–Crippen LogP) is 2.40. The summed E-state index contributed by atoms with van der Waals surface area (Å²) in [6, 6.07) is 2.56. The fourth-order valence-corrected chi connectivity index (χ4v) is 2.93. The Labute approximate surface area is 126 Å². The predicted molar refractivity (Wildman–Crippen MR) is 77.5 cm³/mol. The molecule has 3 nitrogen and oxygen atoms in total. The van der Waals surface area contributed by atoms with E-state index in [-0.39, 0.29) is 16.1 Å². The number of nitrogens with zero attached hydrogens (tertiary/aromatic N) is 2. The Bertz CT molecular complexity index is 486. The first-order valence-electron chi connectivity index (χ1n) is 6.60. The summed E-state index contributed by atoms with van der Waals surface area (Å²) in [5.74, 6) is -1.42. The lowest BCUT2D eigenvalue weighted by atomic mass is 9.98. The number of likely N-dealkylation sites (N-methyl/N-ethyl adjacent to an activating group) is 2. The third-order valence-corrected chi connectivity index (χ3v) is 4.50. The van der Waals surface area contributed by atoms with Gasteiger partial charge < -0.3 is 14.9 Å². The highest BCUT2D eigenvalue weighted by Gasteiger charge is 2.28. The van der Waals surface area contributed by atoms with Crippen molar-refractivity contribution in [2.45, 2.75) is 18.6 Å². The van der Waals surface area contributed by atoms with Crippen LogP contribution >= 0.6 is 15.9 Å². The standard InChI is InChI=1S/C14H19BrF2N2O/c1-18-5-6-19(2)9(8-18)7-12(20)13-11(16)4-3-10(15)14(13)17/h3-4,9,12,20H,5-8H2,1-2H3. The number of hydrogen-bond acceptors (Lipinski definition) is 3. The van der Waals surface area contributed by atoms with Gasteiger partial charge in [-0.15, -0.1) is 0 Å². The molecule has 1 aromatic carbocycles. The molecule has 0 spiro atoms. The third-order valence-electron chi connectivity index (χ3n) is 3.89. The Morgan fingerprint density at radius 3 is 2.75 bits per heavy atom. The van der Waals surface area contributed by atoms with Crippen LogP contribution < -0.4 is 0 Å². The van der Waals surface area contributed by atoms with Crippen LogP contribution in [0.1, 0.15) is 18.1 Å². The van der Waals surface area contributed by atoms with Crippen LogP contribution in [0.4, 0.5) is 8.78 Å². The number of rotatable bonds is 3. The minimum absolute atomic E-state index is 0.0848. The van der Waals surface area contributed by atoms with E-state index in [0.29, 0.717) is 6.42 Å². The Balaban J connectivity index is 2.16. The molecule has 1 heterocycles. The van der Waals surface area contributed by atoms with Crippen LogP contribution in [0.5, 0.6) is 0 Å². The number of hydrogen-bond donors (Lipinski definition) is 1. The van der Waals surface area contributed by atoms with Gasteiger partial charge in [0.2, 0.25) is 0 Å². The maximum atomic E-state index is 14.0. The van der Waals surface area contributed by atoms with Crippen molar-refractivity contribution in [1.82, 2.24) is 9.80 Å². The molecule has 2 rings (SSSR count). The zero-order valence-electron chi connectivity index (χ0n) is 11.6. The molecule has 0 bridgehead atoms. The van der Waals surface area contributed by atoms with E-state index in [9.17, 15) is 13.9 Å². The molecular weight excluding hydrogens is 330 g/mol. The number of aliphatic hydroxyl groups is 1. The third kappa shape index (κ3) is 3.36. The van der Waals surface area contributed by atoms with Gasteiger partial charge in [-0.25, -0.2) is 8.78 Å². The minimum Gasteiger partial charge on any atom is -0.388 e. The second-order valence-electron chi connectivity index (χ2n) is 5.41. The molecule has 1 aromatic rings. The van der Waals surface area contributed by atoms with Crippen molar-refractivity contribution in [1.29, 1.82) is 0 Å². The zero-order valence-corrected chi connectivity index (χ0v) is 13.2. The first-order valence-corrected chi connectivity index (χ1v) is 7.39. The largest absolute Gasteiger partial charge is 0.388 e. The van der Waals surface area contributed by atoms with Crippen molar-refractivity contribution in [3.05, 3.63) is 33.8 Å². The van der Waals surface area contributed by atoms with Gasteiger partial charge in [0.15, 0.2) is 0 Å². The lowest BCUT2D eigenvalue weighted by Gasteiger charge is -2.38. The molecule has 1 N–H and O–H groups in total. The maximum absolute atomic E-state index is 14.0. The molecule has 0 aliphatic carbocycles. The normalized spacial score (nSPS) is 23.0. The molecule has 1 saturated heterocycles. The van der Waals surface area contributed by atoms with E-state index in [2.05, 4.69) is 25.7 Å². The lowest BCUT2D eigenvalue weighted by molar-refractivity contribution is 0.0606. The summed E-state index contributed by atoms with van der Waals surface area (Å²) < 4.78 is 27.9. The second-order valence-corrected chi connectivity index (χ2v) is 6.26. The minimum atomic E-state index is -1.15. The molecule has 0 radical (unpaired) electrons. The first-order chi connectivity index (χ1) is 9.40. The van der Waals surface area contributed by atoms with Crippen molar-refractivity contribution in [3.63, 3.8) is 0 Å². The molecule has 2 atom stereocenters. The van der Waals surface area contributed by atoms with Gasteiger partial charge in [0, 0.05) is 25.7 Å². The van der Waals surface area contributed by atoms with Crippen LogP contribution in [0, 0.1) is 11.6 Å². The van der Waals surface area contributed by atoms with Gasteiger partial charge in [-0.3, -0.25) is 0 Å². The van der Waals surface area contributed by atoms with Crippen molar-refractivity contribution < 1.29 is 13.9 Å². The van der Waals surface area contributed by atoms with E-state index < -0.39 is 17.7 Å². The molecule has 0 saturated carbocycles. The van der Waals surface area contributed by atoms with E-state index in [1.807, 2.05) is 14.1 Å². The highest BCUT2D eigenvalue weighted by Crippen LogP contribution is 2.30. The van der Waals surface area contributed by atoms with Crippen molar-refractivity contribution in [3.8, 4) is 0 Å². The fraction of sp³-hybridized carbons (Fsp3) is 0.571. The Kier molecular flexibility index (Phi) is 5.12. The van der Waals surface area contributed by atoms with E-state index in [1.54, 1.807) is 0 Å². The lowest BCUT2D eigenvalue weighted by Crippen LogP contribution is -2.50. The number of piperazine rings is 1. The van der Waals surface area contributed by atoms with Crippen LogP contribution in [0.25, 0.3) is 0 Å². The molecule has 20 heavy (non-hydrogen) atoms. The van der Waals surface area contributed by atoms with E-state index in [1.165, 1.54) is 12.1 Å². The molecule has 6 heteroatoms. The molecule has 2 unspecified atom stereocenters. The highest BCUT2D eigenvalue weighted by molar-refractivity contribution is 9.10. The maximum Gasteiger partial charge on any atom is 0.146 e. The van der Waals surface area contributed by atoms with Crippen LogP contribution in [-0.4, -0.2) is 54.7 Å². The van der Waals surface area contributed by atoms with Crippen LogP contribution in [-0.2, 0) is 0 Å². The molecule has 1 aliphatic rings. The van der Waals surface area contributed by atoms with Crippen molar-refractivity contribution in [2.75, 3.05) is 33.7 Å². The fourth-order valence-electron chi connectivity index (χ4n) is 2.58. The van der Waals surface area contributed by atoms with Gasteiger partial charge in [0.1, 0.15) is 11.6 Å². The summed E-state index contributed by atoms with van der Waals surface area (Å²) >= 11 is 3.02. The topological polar surface area (TPSA) is 26.7 Å². The molecule has 0 amide bonds. The van der Waals surface area contributed by atoms with Crippen molar-refractivity contribution >= 4 is 15.9 Å². The summed E-state index contributed by atoms with van der Waals surface area (Å²) in [7, 11) is 3.98. The quantitative estimate of drug-likeness (QED) is 0.849. The SMILES string of the molecule is CN1CCN(C)C(CC(O)c2c(F)ccc(Br)c2F)C1. The molecule has 1 aliphatic heterocycles. The van der Waals surface area contributed by atoms with Crippen LogP contribution in [0.15, 0.2) is 16.6 Å². The second kappa shape index (κ2) is 6.47. The van der Waals surface area contributed by atoms with Gasteiger partial charge >= 0.3 is 0 Å². The smallest absolute Gasteiger partial charge is 0.146 e. The Morgan fingerprint density at radius 2 is 2.05 bits per heavy atom. The zero-order chi connectivity index (χ0) is 14.9. The van der Waals surface area contributed by atoms with Gasteiger partial charge in [-0.05, 0) is 48.6 Å². The van der Waals surface area contributed by atoms with Gasteiger partial charge in [0.25, 0.3) is 0 Å². The van der Waals surface area contributed by atoms with E-state index >= 15 is 0 Å². The van der Waals surface area contributed by atoms with Gasteiger partial charge in [-0.2, -0.15) is 0 Å². The summed E-state index contributed by atoms with van der Waals surface area (Å²) in [5.41, 5.74) is -0.249. The van der Waals surface area contributed by atoms with Crippen LogP contribution in [0.3, 0.4) is 0 Å². The Morgan fingerprint density at radius 1 is 1.35 bits per heavy atom. The Hall–Kier alpha value is -0.560. The average Bonchev–Trinajstić information content (AvgIpc) is 2.39. The summed E-state index contributed by atoms with van der Waals surface area (Å²) in [4.78, 5) is 4.28. The first kappa shape index (κ1) is 15.8. The summed E-state index contributed by atoms with van der Waals surface area (Å²) in [5, 5.41) is 10.2.